The Bertz CT molecular complexity index is 686. The fraction of sp³-hybridized carbons (Fsp3) is 0.727. The number of esters is 1. The largest absolute Gasteiger partial charge is 0.467 e. The molecule has 1 aromatic rings. The molecule has 0 spiro atoms. The quantitative estimate of drug-likeness (QED) is 0.701. The summed E-state index contributed by atoms with van der Waals surface area (Å²) in [5.74, 6) is 2.46. The lowest BCUT2D eigenvalue weighted by molar-refractivity contribution is -0.168. The molecular formula is C22H29NO5. The Morgan fingerprint density at radius 2 is 1.86 bits per heavy atom. The van der Waals surface area contributed by atoms with Crippen molar-refractivity contribution in [2.45, 2.75) is 69.6 Å². The Labute approximate surface area is 165 Å². The molecule has 1 atom stereocenters. The Hall–Kier alpha value is -1.82. The summed E-state index contributed by atoms with van der Waals surface area (Å²) in [6.07, 6.45) is 9.85. The molecule has 0 aromatic carbocycles. The second-order valence-corrected chi connectivity index (χ2v) is 9.31. The molecule has 6 rings (SSSR count). The average Bonchev–Trinajstić information content (AvgIpc) is 3.36. The predicted molar refractivity (Wildman–Crippen MR) is 100 cm³/mol. The van der Waals surface area contributed by atoms with Crippen molar-refractivity contribution in [3.63, 3.8) is 0 Å². The van der Waals surface area contributed by atoms with Gasteiger partial charge in [-0.25, -0.2) is 4.79 Å². The zero-order valence-electron chi connectivity index (χ0n) is 16.3. The van der Waals surface area contributed by atoms with Gasteiger partial charge in [0, 0.05) is 12.1 Å². The van der Waals surface area contributed by atoms with Crippen LogP contribution in [-0.4, -0.2) is 41.6 Å². The smallest absolute Gasteiger partial charge is 0.335 e. The number of hydrogen-bond donors (Lipinski definition) is 0. The highest BCUT2D eigenvalue weighted by molar-refractivity contribution is 5.82. The topological polar surface area (TPSA) is 69.0 Å². The third kappa shape index (κ3) is 3.36. The Balaban J connectivity index is 1.33. The first-order valence-corrected chi connectivity index (χ1v) is 10.7. The number of amides is 1. The third-order valence-corrected chi connectivity index (χ3v) is 7.30. The third-order valence-electron chi connectivity index (χ3n) is 7.30. The minimum atomic E-state index is -0.508. The first-order chi connectivity index (χ1) is 13.6. The molecule has 4 aliphatic carbocycles. The van der Waals surface area contributed by atoms with Crippen LogP contribution in [-0.2, 0) is 25.6 Å². The minimum Gasteiger partial charge on any atom is -0.467 e. The molecule has 4 bridgehead atoms. The van der Waals surface area contributed by atoms with Crippen LogP contribution in [0.3, 0.4) is 0 Å². The molecule has 2 heterocycles. The van der Waals surface area contributed by atoms with E-state index in [0.717, 1.165) is 49.2 Å². The van der Waals surface area contributed by atoms with Crippen LogP contribution >= 0.6 is 0 Å². The summed E-state index contributed by atoms with van der Waals surface area (Å²) in [6, 6.07) is 3.77. The van der Waals surface area contributed by atoms with Gasteiger partial charge < -0.3 is 18.8 Å². The van der Waals surface area contributed by atoms with Crippen molar-refractivity contribution >= 4 is 11.9 Å². The molecule has 5 aliphatic rings. The van der Waals surface area contributed by atoms with Crippen molar-refractivity contribution in [2.24, 2.45) is 17.8 Å². The van der Waals surface area contributed by atoms with Gasteiger partial charge in [0.1, 0.15) is 5.76 Å². The van der Waals surface area contributed by atoms with E-state index in [2.05, 4.69) is 0 Å². The minimum absolute atomic E-state index is 0.102. The highest BCUT2D eigenvalue weighted by Gasteiger charge is 2.54. The normalized spacial score (nSPS) is 35.9. The number of carbonyl (C=O) groups is 2. The van der Waals surface area contributed by atoms with E-state index >= 15 is 0 Å². The van der Waals surface area contributed by atoms with Crippen LogP contribution in [0, 0.1) is 17.8 Å². The molecule has 6 nitrogen and oxygen atoms in total. The Morgan fingerprint density at radius 3 is 2.43 bits per heavy atom. The monoisotopic (exact) mass is 387 g/mol. The van der Waals surface area contributed by atoms with Gasteiger partial charge in [-0.15, -0.1) is 0 Å². The molecule has 4 saturated carbocycles. The highest BCUT2D eigenvalue weighted by atomic mass is 16.6. The van der Waals surface area contributed by atoms with E-state index in [1.807, 2.05) is 17.0 Å². The van der Waals surface area contributed by atoms with Gasteiger partial charge in [0.2, 0.25) is 0 Å². The van der Waals surface area contributed by atoms with Gasteiger partial charge in [-0.1, -0.05) is 0 Å². The van der Waals surface area contributed by atoms with Gasteiger partial charge in [-0.3, -0.25) is 4.79 Å². The van der Waals surface area contributed by atoms with Crippen molar-refractivity contribution in [3.05, 3.63) is 24.2 Å². The van der Waals surface area contributed by atoms with Crippen LogP contribution in [0.2, 0.25) is 0 Å². The summed E-state index contributed by atoms with van der Waals surface area (Å²) in [6.45, 7) is 0.836. The summed E-state index contributed by atoms with van der Waals surface area (Å²) >= 11 is 0. The van der Waals surface area contributed by atoms with Gasteiger partial charge >= 0.3 is 5.97 Å². The predicted octanol–water partition coefficient (Wildman–Crippen LogP) is 3.30. The van der Waals surface area contributed by atoms with Gasteiger partial charge in [0.05, 0.1) is 12.8 Å². The van der Waals surface area contributed by atoms with Crippen molar-refractivity contribution in [2.75, 3.05) is 13.2 Å². The molecule has 1 saturated heterocycles. The zero-order chi connectivity index (χ0) is 19.1. The van der Waals surface area contributed by atoms with E-state index in [-0.39, 0.29) is 18.1 Å². The molecule has 28 heavy (non-hydrogen) atoms. The molecule has 1 unspecified atom stereocenters. The standard InChI is InChI=1S/C22H29NO5/c24-20(14-28-21(25)19-4-2-6-27-19)23(13-18-3-1-5-26-18)22-10-15-7-16(11-22)9-17(8-15)12-22/h1,3,5,15-17,19H,2,4,6-14H2. The van der Waals surface area contributed by atoms with E-state index in [1.54, 1.807) is 6.26 Å². The fourth-order valence-electron chi connectivity index (χ4n) is 6.54. The number of furan rings is 1. The SMILES string of the molecule is O=C(OCC(=O)N(Cc1ccco1)C12CC3CC(CC(C3)C1)C2)C1CCCO1. The maximum Gasteiger partial charge on any atom is 0.335 e. The molecule has 1 aliphatic heterocycles. The number of nitrogens with zero attached hydrogens (tertiary/aromatic N) is 1. The fourth-order valence-corrected chi connectivity index (χ4v) is 6.54. The average molecular weight is 387 g/mol. The second-order valence-electron chi connectivity index (χ2n) is 9.31. The molecular weight excluding hydrogens is 358 g/mol. The van der Waals surface area contributed by atoms with E-state index in [1.165, 1.54) is 19.3 Å². The van der Waals surface area contributed by atoms with Gasteiger partial charge in [-0.2, -0.15) is 0 Å². The van der Waals surface area contributed by atoms with E-state index in [4.69, 9.17) is 13.9 Å². The summed E-state index contributed by atoms with van der Waals surface area (Å²) in [7, 11) is 0. The number of rotatable bonds is 6. The maximum absolute atomic E-state index is 13.3. The van der Waals surface area contributed by atoms with Crippen molar-refractivity contribution in [1.82, 2.24) is 4.90 Å². The highest BCUT2D eigenvalue weighted by Crippen LogP contribution is 2.58. The van der Waals surface area contributed by atoms with Gasteiger partial charge in [0.15, 0.2) is 12.7 Å². The lowest BCUT2D eigenvalue weighted by Gasteiger charge is -2.60. The van der Waals surface area contributed by atoms with Gasteiger partial charge in [0.25, 0.3) is 5.91 Å². The second kappa shape index (κ2) is 7.21. The molecule has 1 aromatic heterocycles. The first kappa shape index (κ1) is 18.2. The molecule has 1 amide bonds. The molecule has 6 heteroatoms. The first-order valence-electron chi connectivity index (χ1n) is 10.7. The summed E-state index contributed by atoms with van der Waals surface area (Å²) < 4.78 is 16.3. The Morgan fingerprint density at radius 1 is 1.14 bits per heavy atom. The van der Waals surface area contributed by atoms with Crippen molar-refractivity contribution in [1.29, 1.82) is 0 Å². The van der Waals surface area contributed by atoms with Crippen LogP contribution < -0.4 is 0 Å². The van der Waals surface area contributed by atoms with Crippen molar-refractivity contribution < 1.29 is 23.5 Å². The number of hydrogen-bond acceptors (Lipinski definition) is 5. The lowest BCUT2D eigenvalue weighted by Crippen LogP contribution is -2.61. The summed E-state index contributed by atoms with van der Waals surface area (Å²) in [5.41, 5.74) is -0.102. The van der Waals surface area contributed by atoms with E-state index in [0.29, 0.717) is 19.6 Å². The summed E-state index contributed by atoms with van der Waals surface area (Å²) in [4.78, 5) is 27.5. The number of ether oxygens (including phenoxy) is 2. The molecule has 152 valence electrons. The van der Waals surface area contributed by atoms with Crippen LogP contribution in [0.5, 0.6) is 0 Å². The Kier molecular flexibility index (Phi) is 4.69. The lowest BCUT2D eigenvalue weighted by atomic mass is 9.52. The summed E-state index contributed by atoms with van der Waals surface area (Å²) in [5, 5.41) is 0. The van der Waals surface area contributed by atoms with Gasteiger partial charge in [-0.05, 0) is 81.3 Å². The van der Waals surface area contributed by atoms with E-state index < -0.39 is 12.1 Å². The van der Waals surface area contributed by atoms with Crippen LogP contribution in [0.15, 0.2) is 22.8 Å². The van der Waals surface area contributed by atoms with Crippen LogP contribution in [0.25, 0.3) is 0 Å². The zero-order valence-corrected chi connectivity index (χ0v) is 16.3. The van der Waals surface area contributed by atoms with E-state index in [9.17, 15) is 9.59 Å². The molecule has 0 radical (unpaired) electrons. The molecule has 0 N–H and O–H groups in total. The van der Waals surface area contributed by atoms with Crippen molar-refractivity contribution in [3.8, 4) is 0 Å². The number of carbonyl (C=O) groups excluding carboxylic acids is 2. The van der Waals surface area contributed by atoms with Crippen LogP contribution in [0.1, 0.15) is 57.1 Å². The molecule has 5 fully saturated rings. The maximum atomic E-state index is 13.3. The van der Waals surface area contributed by atoms with Crippen LogP contribution in [0.4, 0.5) is 0 Å².